The Kier molecular flexibility index (Phi) is 11.0. The van der Waals surface area contributed by atoms with E-state index in [-0.39, 0.29) is 36.9 Å². The SMILES string of the molecule is Cc1cc(F)c(F)c(OCC(=O)[C@H](CC(=O)O)NC(=O)C2CCN(C(=O)C(=O)Nc3ccc(Cl)cc3C(C)(C)C)CC2)c1F. The second kappa shape index (κ2) is 14.1. The van der Waals surface area contributed by atoms with E-state index in [0.29, 0.717) is 16.8 Å². The first-order chi connectivity index (χ1) is 20.5. The number of aryl methyl sites for hydroxylation is 1. The summed E-state index contributed by atoms with van der Waals surface area (Å²) < 4.78 is 46.7. The number of anilines is 1. The number of benzene rings is 2. The fourth-order valence-electron chi connectivity index (χ4n) is 4.69. The fraction of sp³-hybridized carbons (Fsp3) is 0.433. The van der Waals surface area contributed by atoms with Gasteiger partial charge in [0.25, 0.3) is 0 Å². The third-order valence-electron chi connectivity index (χ3n) is 7.13. The Morgan fingerprint density at radius 3 is 2.30 bits per heavy atom. The lowest BCUT2D eigenvalue weighted by molar-refractivity contribution is -0.145. The molecular formula is C30H33ClF3N3O7. The lowest BCUT2D eigenvalue weighted by Gasteiger charge is -2.31. The molecule has 2 aromatic rings. The summed E-state index contributed by atoms with van der Waals surface area (Å²) in [5.74, 6) is -11.0. The quantitative estimate of drug-likeness (QED) is 0.276. The van der Waals surface area contributed by atoms with Crippen molar-refractivity contribution in [3.8, 4) is 5.75 Å². The minimum absolute atomic E-state index is 0.0369. The van der Waals surface area contributed by atoms with Gasteiger partial charge in [0.05, 0.1) is 6.42 Å². The number of nitrogens with zero attached hydrogens (tertiary/aromatic N) is 1. The van der Waals surface area contributed by atoms with Crippen LogP contribution in [0.4, 0.5) is 18.9 Å². The first kappa shape index (κ1) is 34.4. The lowest BCUT2D eigenvalue weighted by atomic mass is 9.86. The van der Waals surface area contributed by atoms with Gasteiger partial charge in [-0.15, -0.1) is 0 Å². The van der Waals surface area contributed by atoms with Gasteiger partial charge in [-0.3, -0.25) is 24.0 Å². The molecule has 44 heavy (non-hydrogen) atoms. The molecule has 3 amide bonds. The van der Waals surface area contributed by atoms with E-state index in [4.69, 9.17) is 16.3 Å². The van der Waals surface area contributed by atoms with Crippen LogP contribution in [0.15, 0.2) is 24.3 Å². The molecule has 0 unspecified atom stereocenters. The molecule has 14 heteroatoms. The molecule has 10 nitrogen and oxygen atoms in total. The smallest absolute Gasteiger partial charge is 0.313 e. The Balaban J connectivity index is 1.59. The van der Waals surface area contributed by atoms with Crippen molar-refractivity contribution in [1.82, 2.24) is 10.2 Å². The van der Waals surface area contributed by atoms with Gasteiger partial charge in [0.1, 0.15) is 12.6 Å². The van der Waals surface area contributed by atoms with Crippen molar-refractivity contribution in [2.75, 3.05) is 25.0 Å². The van der Waals surface area contributed by atoms with Crippen LogP contribution >= 0.6 is 11.6 Å². The third-order valence-corrected chi connectivity index (χ3v) is 7.36. The van der Waals surface area contributed by atoms with Crippen LogP contribution in [-0.4, -0.2) is 65.2 Å². The highest BCUT2D eigenvalue weighted by atomic mass is 35.5. The highest BCUT2D eigenvalue weighted by Gasteiger charge is 2.33. The summed E-state index contributed by atoms with van der Waals surface area (Å²) in [7, 11) is 0. The number of carbonyl (C=O) groups excluding carboxylic acids is 4. The number of halogens is 4. The van der Waals surface area contributed by atoms with E-state index >= 15 is 0 Å². The van der Waals surface area contributed by atoms with Crippen molar-refractivity contribution in [3.63, 3.8) is 0 Å². The Bertz CT molecular complexity index is 1440. The number of carboxylic acid groups (broad SMARTS) is 1. The Morgan fingerprint density at radius 2 is 1.70 bits per heavy atom. The summed E-state index contributed by atoms with van der Waals surface area (Å²) >= 11 is 6.10. The van der Waals surface area contributed by atoms with Crippen LogP contribution in [0, 0.1) is 30.3 Å². The first-order valence-corrected chi connectivity index (χ1v) is 14.1. The van der Waals surface area contributed by atoms with Gasteiger partial charge in [-0.25, -0.2) is 8.78 Å². The zero-order chi connectivity index (χ0) is 32.9. The summed E-state index contributed by atoms with van der Waals surface area (Å²) in [6.07, 6.45) is -0.620. The molecular weight excluding hydrogens is 607 g/mol. The van der Waals surface area contributed by atoms with Gasteiger partial charge < -0.3 is 25.4 Å². The molecule has 1 aliphatic heterocycles. The van der Waals surface area contributed by atoms with Crippen LogP contribution in [0.5, 0.6) is 5.75 Å². The zero-order valence-electron chi connectivity index (χ0n) is 24.6. The van der Waals surface area contributed by atoms with E-state index in [1.807, 2.05) is 20.8 Å². The van der Waals surface area contributed by atoms with E-state index in [1.54, 1.807) is 18.2 Å². The molecule has 3 rings (SSSR count). The van der Waals surface area contributed by atoms with E-state index in [0.717, 1.165) is 12.5 Å². The average Bonchev–Trinajstić information content (AvgIpc) is 2.95. The molecule has 0 saturated carbocycles. The van der Waals surface area contributed by atoms with Gasteiger partial charge in [-0.05, 0) is 60.6 Å². The topological polar surface area (TPSA) is 142 Å². The van der Waals surface area contributed by atoms with E-state index in [9.17, 15) is 42.3 Å². The van der Waals surface area contributed by atoms with Crippen molar-refractivity contribution >= 4 is 46.8 Å². The highest BCUT2D eigenvalue weighted by molar-refractivity contribution is 6.39. The lowest BCUT2D eigenvalue weighted by Crippen LogP contribution is -2.50. The van der Waals surface area contributed by atoms with E-state index in [2.05, 4.69) is 10.6 Å². The molecule has 0 aliphatic carbocycles. The van der Waals surface area contributed by atoms with E-state index in [1.165, 1.54) is 4.90 Å². The Labute approximate surface area is 256 Å². The average molecular weight is 640 g/mol. The number of amides is 3. The largest absolute Gasteiger partial charge is 0.481 e. The number of hydrogen-bond acceptors (Lipinski definition) is 6. The maximum Gasteiger partial charge on any atom is 0.313 e. The number of hydrogen-bond donors (Lipinski definition) is 3. The van der Waals surface area contributed by atoms with Crippen molar-refractivity contribution < 1.29 is 47.0 Å². The van der Waals surface area contributed by atoms with Crippen LogP contribution in [-0.2, 0) is 29.4 Å². The molecule has 238 valence electrons. The molecule has 2 aromatic carbocycles. The number of piperidine rings is 1. The number of aliphatic carboxylic acids is 1. The van der Waals surface area contributed by atoms with Crippen LogP contribution < -0.4 is 15.4 Å². The fourth-order valence-corrected chi connectivity index (χ4v) is 4.86. The monoisotopic (exact) mass is 639 g/mol. The standard InChI is InChI=1S/C30H33ClF3N3O7/c1-15-11-19(32)25(34)26(24(15)33)44-14-22(38)21(13-23(39)40)36-27(41)16-7-9-37(10-8-16)29(43)28(42)35-20-6-5-17(31)12-18(20)30(2,3)4/h5-6,11-12,16,21H,7-10,13-14H2,1-4H3,(H,35,42)(H,36,41)(H,39,40)/t21-/m0/s1. The minimum atomic E-state index is -1.66. The molecule has 3 N–H and O–H groups in total. The molecule has 1 fully saturated rings. The van der Waals surface area contributed by atoms with Crippen molar-refractivity contribution in [2.24, 2.45) is 5.92 Å². The van der Waals surface area contributed by atoms with Gasteiger partial charge in [0, 0.05) is 29.7 Å². The minimum Gasteiger partial charge on any atom is -0.481 e. The van der Waals surface area contributed by atoms with Gasteiger partial charge in [-0.2, -0.15) is 4.39 Å². The molecule has 0 radical (unpaired) electrons. The van der Waals surface area contributed by atoms with Crippen molar-refractivity contribution in [2.45, 2.75) is 58.4 Å². The number of Topliss-reactive ketones (excluding diaryl/α,β-unsaturated/α-hetero) is 1. The van der Waals surface area contributed by atoms with Gasteiger partial charge in [0.15, 0.2) is 23.2 Å². The predicted molar refractivity (Wildman–Crippen MR) is 154 cm³/mol. The van der Waals surface area contributed by atoms with Gasteiger partial charge >= 0.3 is 17.8 Å². The molecule has 0 spiro atoms. The molecule has 0 bridgehead atoms. The maximum atomic E-state index is 14.2. The van der Waals surface area contributed by atoms with Crippen molar-refractivity contribution in [3.05, 3.63) is 57.9 Å². The number of ketones is 1. The molecule has 0 aromatic heterocycles. The third kappa shape index (κ3) is 8.49. The van der Waals surface area contributed by atoms with Crippen LogP contribution in [0.3, 0.4) is 0 Å². The first-order valence-electron chi connectivity index (χ1n) is 13.7. The van der Waals surface area contributed by atoms with Crippen molar-refractivity contribution in [1.29, 1.82) is 0 Å². The Morgan fingerprint density at radius 1 is 1.07 bits per heavy atom. The molecule has 1 atom stereocenters. The second-order valence-corrected chi connectivity index (χ2v) is 11.9. The Hall–Kier alpha value is -4.13. The maximum absolute atomic E-state index is 14.2. The summed E-state index contributed by atoms with van der Waals surface area (Å²) in [6, 6.07) is 3.91. The highest BCUT2D eigenvalue weighted by Crippen LogP contribution is 2.32. The number of ether oxygens (including phenoxy) is 1. The van der Waals surface area contributed by atoms with Crippen LogP contribution in [0.25, 0.3) is 0 Å². The zero-order valence-corrected chi connectivity index (χ0v) is 25.3. The molecule has 1 saturated heterocycles. The molecule has 1 aliphatic rings. The van der Waals surface area contributed by atoms with Gasteiger partial charge in [-0.1, -0.05) is 32.4 Å². The number of carboxylic acids is 1. The summed E-state index contributed by atoms with van der Waals surface area (Å²) in [5, 5.41) is 14.7. The second-order valence-electron chi connectivity index (χ2n) is 11.5. The number of carbonyl (C=O) groups is 5. The van der Waals surface area contributed by atoms with Gasteiger partial charge in [0.2, 0.25) is 11.7 Å². The van der Waals surface area contributed by atoms with Crippen LogP contribution in [0.2, 0.25) is 5.02 Å². The summed E-state index contributed by atoms with van der Waals surface area (Å²) in [4.78, 5) is 63.9. The summed E-state index contributed by atoms with van der Waals surface area (Å²) in [6.45, 7) is 5.98. The summed E-state index contributed by atoms with van der Waals surface area (Å²) in [5.41, 5.74) is 0.520. The number of likely N-dealkylation sites (tertiary alicyclic amines) is 1. The van der Waals surface area contributed by atoms with E-state index < -0.39 is 77.7 Å². The number of nitrogens with one attached hydrogen (secondary N) is 2. The van der Waals surface area contributed by atoms with Crippen LogP contribution in [0.1, 0.15) is 51.2 Å². The molecule has 1 heterocycles. The number of rotatable bonds is 9. The normalized spacial score (nSPS) is 14.5. The predicted octanol–water partition coefficient (Wildman–Crippen LogP) is 4.15.